The van der Waals surface area contributed by atoms with Crippen molar-refractivity contribution >= 4 is 28.7 Å². The van der Waals surface area contributed by atoms with E-state index in [2.05, 4.69) is 9.72 Å². The van der Waals surface area contributed by atoms with Crippen molar-refractivity contribution in [3.05, 3.63) is 46.0 Å². The van der Waals surface area contributed by atoms with Crippen LogP contribution in [0.25, 0.3) is 22.3 Å². The second-order valence-electron chi connectivity index (χ2n) is 6.91. The van der Waals surface area contributed by atoms with Crippen LogP contribution in [0, 0.1) is 0 Å². The average Bonchev–Trinajstić information content (AvgIpc) is 2.91. The van der Waals surface area contributed by atoms with Crippen LogP contribution in [0.3, 0.4) is 0 Å². The molecule has 1 amide bonds. The van der Waals surface area contributed by atoms with Crippen molar-refractivity contribution in [1.82, 2.24) is 19.0 Å². The first kappa shape index (κ1) is 20.3. The van der Waals surface area contributed by atoms with Crippen LogP contribution in [0.15, 0.2) is 35.3 Å². The number of carbonyl (C=O) groups excluding carboxylic acids is 1. The molecular weight excluding hydrogens is 425 g/mol. The molecule has 0 aliphatic carbocycles. The highest BCUT2D eigenvalue weighted by molar-refractivity contribution is 6.32. The minimum Gasteiger partial charge on any atom is -0.433 e. The highest BCUT2D eigenvalue weighted by Crippen LogP contribution is 2.32. The fourth-order valence-electron chi connectivity index (χ4n) is 3.32. The predicted molar refractivity (Wildman–Crippen MR) is 104 cm³/mol. The Morgan fingerprint density at radius 3 is 2.70 bits per heavy atom. The molecule has 0 saturated carbocycles. The van der Waals surface area contributed by atoms with Crippen LogP contribution < -0.4 is 10.4 Å². The van der Waals surface area contributed by atoms with E-state index >= 15 is 0 Å². The Bertz CT molecular complexity index is 1190. The Hall–Kier alpha value is -3.01. The molecule has 3 heterocycles. The molecule has 158 valence electrons. The standard InChI is InChI=1S/C19H16ClF3N4O3/c1-25-17-14(27(19(25)29)9-16(28)26-7-12(21)8-26)4-11(6-24-17)10-2-3-13(20)15(5-10)30-18(22)23/h2-6,12,18H,7-9H2,1H3. The zero-order valence-corrected chi connectivity index (χ0v) is 16.4. The van der Waals surface area contributed by atoms with Gasteiger partial charge in [0, 0.05) is 18.8 Å². The molecule has 1 aromatic carbocycles. The Morgan fingerprint density at radius 1 is 1.30 bits per heavy atom. The summed E-state index contributed by atoms with van der Waals surface area (Å²) >= 11 is 5.90. The largest absolute Gasteiger partial charge is 0.433 e. The van der Waals surface area contributed by atoms with Crippen molar-refractivity contribution in [3.63, 3.8) is 0 Å². The smallest absolute Gasteiger partial charge is 0.387 e. The molecule has 7 nitrogen and oxygen atoms in total. The SMILES string of the molecule is Cn1c(=O)n(CC(=O)N2CC(F)C2)c2cc(-c3ccc(Cl)c(OC(F)F)c3)cnc21. The summed E-state index contributed by atoms with van der Waals surface area (Å²) in [6.45, 7) is -3.26. The summed E-state index contributed by atoms with van der Waals surface area (Å²) in [4.78, 5) is 30.6. The van der Waals surface area contributed by atoms with Gasteiger partial charge in [0.05, 0.1) is 23.6 Å². The van der Waals surface area contributed by atoms with Gasteiger partial charge in [0.15, 0.2) is 5.65 Å². The summed E-state index contributed by atoms with van der Waals surface area (Å²) in [5.74, 6) is -0.563. The lowest BCUT2D eigenvalue weighted by Gasteiger charge is -2.34. The van der Waals surface area contributed by atoms with Gasteiger partial charge in [0.25, 0.3) is 0 Å². The van der Waals surface area contributed by atoms with E-state index in [9.17, 15) is 22.8 Å². The number of rotatable bonds is 5. The minimum absolute atomic E-state index is 0.0134. The van der Waals surface area contributed by atoms with Gasteiger partial charge in [-0.05, 0) is 23.8 Å². The molecule has 2 aromatic heterocycles. The van der Waals surface area contributed by atoms with E-state index in [4.69, 9.17) is 11.6 Å². The molecule has 1 aliphatic heterocycles. The van der Waals surface area contributed by atoms with Crippen molar-refractivity contribution in [2.24, 2.45) is 7.05 Å². The van der Waals surface area contributed by atoms with Crippen LogP contribution in [0.4, 0.5) is 13.2 Å². The van der Waals surface area contributed by atoms with Crippen LogP contribution in [0.5, 0.6) is 5.75 Å². The van der Waals surface area contributed by atoms with E-state index in [1.54, 1.807) is 12.1 Å². The van der Waals surface area contributed by atoms with Crippen LogP contribution >= 0.6 is 11.6 Å². The molecule has 1 aliphatic rings. The molecule has 0 N–H and O–H groups in total. The predicted octanol–water partition coefficient (Wildman–Crippen LogP) is 2.84. The Labute approximate surface area is 173 Å². The number of halogens is 4. The van der Waals surface area contributed by atoms with Crippen molar-refractivity contribution in [2.45, 2.75) is 19.3 Å². The fourth-order valence-corrected chi connectivity index (χ4v) is 3.48. The van der Waals surface area contributed by atoms with Crippen LogP contribution in [0.1, 0.15) is 0 Å². The first-order chi connectivity index (χ1) is 14.2. The molecule has 4 rings (SSSR count). The van der Waals surface area contributed by atoms with Gasteiger partial charge in [-0.15, -0.1) is 0 Å². The van der Waals surface area contributed by atoms with Crippen molar-refractivity contribution in [1.29, 1.82) is 0 Å². The monoisotopic (exact) mass is 440 g/mol. The lowest BCUT2D eigenvalue weighted by molar-refractivity contribution is -0.138. The van der Waals surface area contributed by atoms with E-state index in [0.717, 1.165) is 0 Å². The summed E-state index contributed by atoms with van der Waals surface area (Å²) in [7, 11) is 1.52. The number of aryl methyl sites for hydroxylation is 1. The van der Waals surface area contributed by atoms with Gasteiger partial charge < -0.3 is 9.64 Å². The van der Waals surface area contributed by atoms with Crippen LogP contribution in [-0.4, -0.2) is 50.8 Å². The summed E-state index contributed by atoms with van der Waals surface area (Å²) in [5, 5.41) is 0.0241. The number of ether oxygens (including phenoxy) is 1. The molecule has 0 radical (unpaired) electrons. The highest BCUT2D eigenvalue weighted by atomic mass is 35.5. The molecule has 1 saturated heterocycles. The molecule has 0 spiro atoms. The lowest BCUT2D eigenvalue weighted by atomic mass is 10.1. The molecule has 30 heavy (non-hydrogen) atoms. The molecular formula is C19H16ClF3N4O3. The first-order valence-electron chi connectivity index (χ1n) is 8.96. The number of likely N-dealkylation sites (tertiary alicyclic amines) is 1. The number of hydrogen-bond acceptors (Lipinski definition) is 4. The highest BCUT2D eigenvalue weighted by Gasteiger charge is 2.31. The third kappa shape index (κ3) is 3.62. The quantitative estimate of drug-likeness (QED) is 0.612. The third-order valence-electron chi connectivity index (χ3n) is 4.94. The Balaban J connectivity index is 1.73. The summed E-state index contributed by atoms with van der Waals surface area (Å²) in [5.41, 5.74) is 1.29. The van der Waals surface area contributed by atoms with E-state index < -0.39 is 18.5 Å². The number of carbonyl (C=O) groups is 1. The zero-order chi connectivity index (χ0) is 21.6. The fraction of sp³-hybridized carbons (Fsp3) is 0.316. The van der Waals surface area contributed by atoms with Crippen LogP contribution in [0.2, 0.25) is 5.02 Å². The minimum atomic E-state index is -3.03. The third-order valence-corrected chi connectivity index (χ3v) is 5.25. The first-order valence-corrected chi connectivity index (χ1v) is 9.34. The zero-order valence-electron chi connectivity index (χ0n) is 15.7. The Morgan fingerprint density at radius 2 is 2.03 bits per heavy atom. The molecule has 0 unspecified atom stereocenters. The maximum Gasteiger partial charge on any atom is 0.387 e. The number of aromatic nitrogens is 3. The maximum absolute atomic E-state index is 13.0. The Kier molecular flexibility index (Phi) is 5.19. The maximum atomic E-state index is 13.0. The lowest BCUT2D eigenvalue weighted by Crippen LogP contribution is -2.52. The van der Waals surface area contributed by atoms with Gasteiger partial charge >= 0.3 is 12.3 Å². The second kappa shape index (κ2) is 7.67. The number of amides is 1. The van der Waals surface area contributed by atoms with E-state index in [-0.39, 0.29) is 36.3 Å². The number of pyridine rings is 1. The number of imidazole rings is 1. The van der Waals surface area contributed by atoms with E-state index in [1.807, 2.05) is 0 Å². The van der Waals surface area contributed by atoms with Crippen molar-refractivity contribution in [2.75, 3.05) is 13.1 Å². The van der Waals surface area contributed by atoms with E-state index in [0.29, 0.717) is 22.3 Å². The van der Waals surface area contributed by atoms with E-state index in [1.165, 1.54) is 39.4 Å². The van der Waals surface area contributed by atoms with Gasteiger partial charge in [-0.2, -0.15) is 8.78 Å². The average molecular weight is 441 g/mol. The number of hydrogen-bond donors (Lipinski definition) is 0. The summed E-state index contributed by atoms with van der Waals surface area (Å²) < 4.78 is 45.2. The number of alkyl halides is 3. The second-order valence-corrected chi connectivity index (χ2v) is 7.32. The van der Waals surface area contributed by atoms with Crippen molar-refractivity contribution in [3.8, 4) is 16.9 Å². The molecule has 11 heteroatoms. The van der Waals surface area contributed by atoms with Gasteiger partial charge in [-0.25, -0.2) is 14.2 Å². The number of nitrogens with zero attached hydrogens (tertiary/aromatic N) is 4. The summed E-state index contributed by atoms with van der Waals surface area (Å²) in [6, 6.07) is 5.98. The van der Waals surface area contributed by atoms with Gasteiger partial charge in [0.1, 0.15) is 18.5 Å². The van der Waals surface area contributed by atoms with Gasteiger partial charge in [-0.3, -0.25) is 13.9 Å². The van der Waals surface area contributed by atoms with Gasteiger partial charge in [0.2, 0.25) is 5.91 Å². The molecule has 0 atom stereocenters. The van der Waals surface area contributed by atoms with Crippen LogP contribution in [-0.2, 0) is 18.4 Å². The topological polar surface area (TPSA) is 69.4 Å². The number of fused-ring (bicyclic) bond motifs is 1. The number of benzene rings is 1. The molecule has 1 fully saturated rings. The molecule has 0 bridgehead atoms. The molecule has 3 aromatic rings. The van der Waals surface area contributed by atoms with Gasteiger partial charge in [-0.1, -0.05) is 17.7 Å². The summed E-state index contributed by atoms with van der Waals surface area (Å²) in [6.07, 6.45) is 0.438. The normalized spacial score (nSPS) is 14.4. The van der Waals surface area contributed by atoms with Crippen molar-refractivity contribution < 1.29 is 22.7 Å².